The molecule has 0 aromatic rings. The Balaban J connectivity index is 2.01. The Kier molecular flexibility index (Phi) is 6.06. The van der Waals surface area contributed by atoms with Gasteiger partial charge < -0.3 is 23.8 Å². The number of Topliss-reactive ketones (excluding diaryl/α,β-unsaturated/α-hetero) is 1. The first-order valence-corrected chi connectivity index (χ1v) is 10.2. The fourth-order valence-electron chi connectivity index (χ4n) is 3.98. The van der Waals surface area contributed by atoms with E-state index < -0.39 is 53.0 Å². The fraction of sp³-hybridized carbons (Fsp3) is 0.714. The van der Waals surface area contributed by atoms with Crippen LogP contribution in [-0.2, 0) is 38.1 Å². The maximum atomic E-state index is 13.1. The van der Waals surface area contributed by atoms with Crippen LogP contribution in [0.3, 0.4) is 0 Å². The van der Waals surface area contributed by atoms with Crippen LogP contribution in [0.4, 0.5) is 0 Å². The molecule has 9 nitrogen and oxygen atoms in total. The van der Waals surface area contributed by atoms with Crippen molar-refractivity contribution in [3.8, 4) is 0 Å². The zero-order chi connectivity index (χ0) is 22.3. The summed E-state index contributed by atoms with van der Waals surface area (Å²) in [5.41, 5.74) is -2.70. The fourth-order valence-corrected chi connectivity index (χ4v) is 3.98. The van der Waals surface area contributed by atoms with Crippen LogP contribution in [-0.4, -0.2) is 78.7 Å². The van der Waals surface area contributed by atoms with E-state index in [1.54, 1.807) is 19.9 Å². The van der Waals surface area contributed by atoms with Crippen LogP contribution in [0.15, 0.2) is 11.6 Å². The van der Waals surface area contributed by atoms with E-state index in [9.17, 15) is 19.2 Å². The van der Waals surface area contributed by atoms with Crippen LogP contribution in [0.1, 0.15) is 40.5 Å². The number of fused-ring (bicyclic) bond motifs is 2. The van der Waals surface area contributed by atoms with Crippen LogP contribution in [0, 0.1) is 5.92 Å². The standard InChI is InChI=1S/C21H29NO8/c1-12-10-21(13(2)29-21)19(26)28-16-7-9-22(5)8-6-15(17(16)24)11-27-18(25)20(12,4)30-14(3)23/h6,12-13,16H,7-11H2,1-5H3/b15-6-/t12-,13+,16-,20-,21?/m1/s1. The summed E-state index contributed by atoms with van der Waals surface area (Å²) in [4.78, 5) is 52.7. The van der Waals surface area contributed by atoms with Gasteiger partial charge >= 0.3 is 17.9 Å². The maximum Gasteiger partial charge on any atom is 0.350 e. The minimum Gasteiger partial charge on any atom is -0.458 e. The number of esters is 3. The summed E-state index contributed by atoms with van der Waals surface area (Å²) in [6, 6.07) is 0. The first-order valence-electron chi connectivity index (χ1n) is 10.2. The van der Waals surface area contributed by atoms with Crippen LogP contribution < -0.4 is 0 Å². The second kappa shape index (κ2) is 8.11. The number of nitrogens with zero attached hydrogens (tertiary/aromatic N) is 1. The monoisotopic (exact) mass is 423 g/mol. The lowest BCUT2D eigenvalue weighted by molar-refractivity contribution is -0.187. The van der Waals surface area contributed by atoms with Gasteiger partial charge in [-0.1, -0.05) is 13.0 Å². The van der Waals surface area contributed by atoms with Crippen molar-refractivity contribution in [1.82, 2.24) is 4.90 Å². The van der Waals surface area contributed by atoms with Crippen molar-refractivity contribution in [2.45, 2.75) is 63.9 Å². The van der Waals surface area contributed by atoms with E-state index in [0.717, 1.165) is 0 Å². The minimum absolute atomic E-state index is 0.0788. The van der Waals surface area contributed by atoms with Crippen LogP contribution in [0.5, 0.6) is 0 Å². The zero-order valence-electron chi connectivity index (χ0n) is 18.1. The predicted octanol–water partition coefficient (Wildman–Crippen LogP) is 0.792. The number of hydrogen-bond donors (Lipinski definition) is 0. The van der Waals surface area contributed by atoms with Crippen LogP contribution >= 0.6 is 0 Å². The number of carbonyl (C=O) groups excluding carboxylic acids is 4. The van der Waals surface area contributed by atoms with Crippen molar-refractivity contribution >= 4 is 23.7 Å². The summed E-state index contributed by atoms with van der Waals surface area (Å²) < 4.78 is 22.0. The number of epoxide rings is 1. The normalized spacial score (nSPS) is 40.0. The molecule has 0 amide bonds. The lowest BCUT2D eigenvalue weighted by Crippen LogP contribution is -2.50. The van der Waals surface area contributed by atoms with E-state index in [2.05, 4.69) is 0 Å². The first kappa shape index (κ1) is 22.4. The predicted molar refractivity (Wildman–Crippen MR) is 103 cm³/mol. The Hall–Kier alpha value is -2.26. The highest BCUT2D eigenvalue weighted by molar-refractivity contribution is 6.01. The molecule has 5 atom stereocenters. The average molecular weight is 423 g/mol. The van der Waals surface area contributed by atoms with Crippen molar-refractivity contribution in [3.63, 3.8) is 0 Å². The Bertz CT molecular complexity index is 792. The lowest BCUT2D eigenvalue weighted by Gasteiger charge is -2.35. The van der Waals surface area contributed by atoms with Crippen molar-refractivity contribution in [2.75, 3.05) is 26.7 Å². The number of carbonyl (C=O) groups is 4. The van der Waals surface area contributed by atoms with Gasteiger partial charge in [0.05, 0.1) is 6.10 Å². The highest BCUT2D eigenvalue weighted by Gasteiger charge is 2.64. The summed E-state index contributed by atoms with van der Waals surface area (Å²) in [5, 5.41) is 0. The second-order valence-corrected chi connectivity index (χ2v) is 8.57. The number of rotatable bonds is 1. The SMILES string of the molecule is CC(=O)O[C@@]1(C)C(=O)OC/C2=C/CN(C)CC[C@@H](OC(=O)C3(C[C@H]1C)O[C@H]3C)C2=O. The quantitative estimate of drug-likeness (QED) is 0.343. The van der Waals surface area contributed by atoms with Crippen molar-refractivity contribution in [1.29, 1.82) is 0 Å². The zero-order valence-corrected chi connectivity index (χ0v) is 18.1. The summed E-state index contributed by atoms with van der Waals surface area (Å²) >= 11 is 0. The van der Waals surface area contributed by atoms with E-state index in [1.807, 2.05) is 11.9 Å². The van der Waals surface area contributed by atoms with Gasteiger partial charge in [-0.15, -0.1) is 0 Å². The molecule has 1 unspecified atom stereocenters. The molecule has 3 rings (SSSR count). The van der Waals surface area contributed by atoms with Gasteiger partial charge in [-0.3, -0.25) is 9.59 Å². The largest absolute Gasteiger partial charge is 0.458 e. The van der Waals surface area contributed by atoms with Gasteiger partial charge in [0.2, 0.25) is 11.4 Å². The molecule has 2 bridgehead atoms. The summed E-state index contributed by atoms with van der Waals surface area (Å²) in [6.45, 7) is 6.82. The lowest BCUT2D eigenvalue weighted by atomic mass is 9.81. The minimum atomic E-state index is -1.65. The first-order chi connectivity index (χ1) is 14.0. The van der Waals surface area contributed by atoms with Gasteiger partial charge in [-0.05, 0) is 27.3 Å². The summed E-state index contributed by atoms with van der Waals surface area (Å²) in [6.07, 6.45) is 0.648. The van der Waals surface area contributed by atoms with E-state index in [-0.39, 0.29) is 18.6 Å². The van der Waals surface area contributed by atoms with E-state index in [1.165, 1.54) is 13.8 Å². The van der Waals surface area contributed by atoms with Gasteiger partial charge in [-0.25, -0.2) is 9.59 Å². The Labute approximate surface area is 175 Å². The molecule has 3 heterocycles. The highest BCUT2D eigenvalue weighted by atomic mass is 16.7. The molecular weight excluding hydrogens is 394 g/mol. The number of ether oxygens (including phenoxy) is 4. The molecule has 9 heteroatoms. The smallest absolute Gasteiger partial charge is 0.350 e. The van der Waals surface area contributed by atoms with Crippen molar-refractivity contribution < 1.29 is 38.1 Å². The van der Waals surface area contributed by atoms with Gasteiger partial charge in [0, 0.05) is 37.9 Å². The molecule has 0 N–H and O–H groups in total. The Morgan fingerprint density at radius 2 is 1.90 bits per heavy atom. The Morgan fingerprint density at radius 1 is 1.23 bits per heavy atom. The molecule has 2 saturated heterocycles. The van der Waals surface area contributed by atoms with E-state index in [0.29, 0.717) is 19.5 Å². The van der Waals surface area contributed by atoms with Crippen molar-refractivity contribution in [3.05, 3.63) is 11.6 Å². The molecule has 166 valence electrons. The number of cyclic esters (lactones) is 1. The molecule has 3 aliphatic heterocycles. The number of likely N-dealkylation sites (N-methyl/N-ethyl adjacent to an activating group) is 1. The van der Waals surface area contributed by atoms with Crippen molar-refractivity contribution in [2.24, 2.45) is 5.92 Å². The van der Waals surface area contributed by atoms with Gasteiger partial charge in [0.15, 0.2) is 11.7 Å². The van der Waals surface area contributed by atoms with Crippen LogP contribution in [0.25, 0.3) is 0 Å². The third kappa shape index (κ3) is 4.13. The molecule has 30 heavy (non-hydrogen) atoms. The third-order valence-electron chi connectivity index (χ3n) is 6.28. The van der Waals surface area contributed by atoms with Gasteiger partial charge in [0.1, 0.15) is 6.61 Å². The summed E-state index contributed by atoms with van der Waals surface area (Å²) in [5.74, 6) is -3.06. The topological polar surface area (TPSA) is 112 Å². The molecule has 2 fully saturated rings. The van der Waals surface area contributed by atoms with Gasteiger partial charge in [-0.2, -0.15) is 0 Å². The number of hydrogen-bond acceptors (Lipinski definition) is 9. The van der Waals surface area contributed by atoms with E-state index >= 15 is 0 Å². The molecular formula is C21H29NO8. The molecule has 3 aliphatic rings. The summed E-state index contributed by atoms with van der Waals surface area (Å²) in [7, 11) is 1.88. The molecule has 0 aromatic heterocycles. The molecule has 0 aliphatic carbocycles. The second-order valence-electron chi connectivity index (χ2n) is 8.57. The van der Waals surface area contributed by atoms with E-state index in [4.69, 9.17) is 18.9 Å². The number of ketones is 1. The van der Waals surface area contributed by atoms with Gasteiger partial charge in [0.25, 0.3) is 0 Å². The van der Waals surface area contributed by atoms with Crippen LogP contribution in [0.2, 0.25) is 0 Å². The highest BCUT2D eigenvalue weighted by Crippen LogP contribution is 2.46. The average Bonchev–Trinajstić information content (AvgIpc) is 3.32. The maximum absolute atomic E-state index is 13.1. The third-order valence-corrected chi connectivity index (χ3v) is 6.28. The Morgan fingerprint density at radius 3 is 2.50 bits per heavy atom. The molecule has 0 radical (unpaired) electrons. The molecule has 1 spiro atoms. The molecule has 0 saturated carbocycles. The molecule has 0 aromatic carbocycles.